The minimum Gasteiger partial charge on any atom is -0.444 e. The normalized spacial score (nSPS) is 22.6. The molecule has 5 heteroatoms. The largest absolute Gasteiger partial charge is 0.444 e. The summed E-state index contributed by atoms with van der Waals surface area (Å²) in [6, 6.07) is 0. The molecule has 5 nitrogen and oxygen atoms in total. The summed E-state index contributed by atoms with van der Waals surface area (Å²) in [5, 5.41) is 0. The Morgan fingerprint density at radius 1 is 1.40 bits per heavy atom. The van der Waals surface area contributed by atoms with Crippen LogP contribution in [0, 0.1) is 5.92 Å². The predicted octanol–water partition coefficient (Wildman–Crippen LogP) is 2.16. The summed E-state index contributed by atoms with van der Waals surface area (Å²) in [7, 11) is 0. The van der Waals surface area contributed by atoms with E-state index >= 15 is 0 Å². The van der Waals surface area contributed by atoms with Crippen LogP contribution < -0.4 is 0 Å². The van der Waals surface area contributed by atoms with Crippen LogP contribution in [-0.2, 0) is 9.53 Å². The van der Waals surface area contributed by atoms with Gasteiger partial charge < -0.3 is 9.64 Å². The Hall–Kier alpha value is -1.78. The quantitative estimate of drug-likeness (QED) is 0.777. The van der Waals surface area contributed by atoms with Crippen LogP contribution >= 0.6 is 0 Å². The fraction of sp³-hybridized carbons (Fsp3) is 0.600. The molecule has 0 radical (unpaired) electrons. The molecule has 20 heavy (non-hydrogen) atoms. The summed E-state index contributed by atoms with van der Waals surface area (Å²) in [5.74, 6) is 0.321. The zero-order valence-corrected chi connectivity index (χ0v) is 12.3. The van der Waals surface area contributed by atoms with E-state index in [1.54, 1.807) is 4.90 Å². The first-order valence-electron chi connectivity index (χ1n) is 6.94. The number of allylic oxidation sites excluding steroid dienone is 3. The van der Waals surface area contributed by atoms with Gasteiger partial charge in [-0.05, 0) is 33.1 Å². The number of hydrogen-bond acceptors (Lipinski definition) is 3. The van der Waals surface area contributed by atoms with E-state index in [0.717, 1.165) is 6.42 Å². The third-order valence-corrected chi connectivity index (χ3v) is 3.20. The molecular weight excluding hydrogens is 256 g/mol. The van der Waals surface area contributed by atoms with Crippen LogP contribution in [0.1, 0.15) is 27.2 Å². The highest BCUT2D eigenvalue weighted by Crippen LogP contribution is 2.18. The van der Waals surface area contributed by atoms with Crippen LogP contribution in [0.5, 0.6) is 0 Å². The molecule has 0 aromatic rings. The molecule has 0 aromatic heterocycles. The van der Waals surface area contributed by atoms with Crippen molar-refractivity contribution in [3.8, 4) is 0 Å². The molecule has 0 N–H and O–H groups in total. The van der Waals surface area contributed by atoms with Crippen LogP contribution in [0.2, 0.25) is 0 Å². The molecule has 2 amide bonds. The Morgan fingerprint density at radius 3 is 2.75 bits per heavy atom. The SMILES string of the molecule is CC(C)(C)OC(=O)N1CC(=O)N(CC2C=CC=CC2)C1. The van der Waals surface area contributed by atoms with Gasteiger partial charge in [0.1, 0.15) is 12.1 Å². The average Bonchev–Trinajstić information content (AvgIpc) is 2.70. The molecule has 1 saturated heterocycles. The highest BCUT2D eigenvalue weighted by Gasteiger charge is 2.34. The maximum atomic E-state index is 12.0. The minimum atomic E-state index is -0.537. The fourth-order valence-corrected chi connectivity index (χ4v) is 2.26. The molecular formula is C15H22N2O3. The van der Waals surface area contributed by atoms with E-state index in [9.17, 15) is 9.59 Å². The van der Waals surface area contributed by atoms with Gasteiger partial charge in [-0.25, -0.2) is 4.79 Å². The van der Waals surface area contributed by atoms with E-state index < -0.39 is 11.7 Å². The molecule has 1 heterocycles. The minimum absolute atomic E-state index is 0.0150. The van der Waals surface area contributed by atoms with Gasteiger partial charge in [-0.15, -0.1) is 0 Å². The molecule has 1 aliphatic heterocycles. The topological polar surface area (TPSA) is 49.9 Å². The third-order valence-electron chi connectivity index (χ3n) is 3.20. The van der Waals surface area contributed by atoms with Gasteiger partial charge in [0.25, 0.3) is 0 Å². The first kappa shape index (κ1) is 14.6. The van der Waals surface area contributed by atoms with Gasteiger partial charge in [-0.1, -0.05) is 24.3 Å². The lowest BCUT2D eigenvalue weighted by atomic mass is 10.0. The van der Waals surface area contributed by atoms with Gasteiger partial charge in [-0.2, -0.15) is 0 Å². The summed E-state index contributed by atoms with van der Waals surface area (Å²) in [5.41, 5.74) is -0.537. The van der Waals surface area contributed by atoms with E-state index in [0.29, 0.717) is 19.1 Å². The second-order valence-corrected chi connectivity index (χ2v) is 6.24. The molecule has 0 saturated carbocycles. The Morgan fingerprint density at radius 2 is 2.15 bits per heavy atom. The highest BCUT2D eigenvalue weighted by atomic mass is 16.6. The molecule has 1 aliphatic carbocycles. The molecule has 0 bridgehead atoms. The van der Waals surface area contributed by atoms with E-state index in [2.05, 4.69) is 12.2 Å². The van der Waals surface area contributed by atoms with Crippen molar-refractivity contribution in [1.29, 1.82) is 0 Å². The van der Waals surface area contributed by atoms with E-state index in [-0.39, 0.29) is 12.5 Å². The van der Waals surface area contributed by atoms with Crippen molar-refractivity contribution in [2.75, 3.05) is 19.8 Å². The standard InChI is InChI=1S/C15H22N2O3/c1-15(2,3)20-14(19)17-10-13(18)16(11-17)9-12-7-5-4-6-8-12/h4-7,12H,8-11H2,1-3H3. The van der Waals surface area contributed by atoms with E-state index in [1.807, 2.05) is 32.9 Å². The molecule has 1 unspecified atom stereocenters. The smallest absolute Gasteiger partial charge is 0.412 e. The Balaban J connectivity index is 1.88. The van der Waals surface area contributed by atoms with Gasteiger partial charge in [-0.3, -0.25) is 9.69 Å². The van der Waals surface area contributed by atoms with E-state index in [4.69, 9.17) is 4.74 Å². The predicted molar refractivity (Wildman–Crippen MR) is 75.9 cm³/mol. The first-order valence-corrected chi connectivity index (χ1v) is 6.94. The molecule has 1 fully saturated rings. The van der Waals surface area contributed by atoms with E-state index in [1.165, 1.54) is 4.90 Å². The van der Waals surface area contributed by atoms with Crippen LogP contribution in [0.4, 0.5) is 4.79 Å². The van der Waals surface area contributed by atoms with Crippen molar-refractivity contribution in [2.24, 2.45) is 5.92 Å². The third kappa shape index (κ3) is 3.85. The lowest BCUT2D eigenvalue weighted by molar-refractivity contribution is -0.127. The van der Waals surface area contributed by atoms with Crippen molar-refractivity contribution in [1.82, 2.24) is 9.80 Å². The number of rotatable bonds is 2. The average molecular weight is 278 g/mol. The van der Waals surface area contributed by atoms with Gasteiger partial charge in [0.2, 0.25) is 5.91 Å². The maximum Gasteiger partial charge on any atom is 0.412 e. The van der Waals surface area contributed by atoms with Crippen molar-refractivity contribution in [3.63, 3.8) is 0 Å². The maximum absolute atomic E-state index is 12.0. The second-order valence-electron chi connectivity index (χ2n) is 6.24. The van der Waals surface area contributed by atoms with Gasteiger partial charge in [0, 0.05) is 6.54 Å². The number of nitrogens with zero attached hydrogens (tertiary/aromatic N) is 2. The van der Waals surface area contributed by atoms with Crippen molar-refractivity contribution in [2.45, 2.75) is 32.8 Å². The molecule has 2 aliphatic rings. The Kier molecular flexibility index (Phi) is 4.16. The van der Waals surface area contributed by atoms with Crippen molar-refractivity contribution in [3.05, 3.63) is 24.3 Å². The zero-order valence-electron chi connectivity index (χ0n) is 12.3. The van der Waals surface area contributed by atoms with Crippen molar-refractivity contribution < 1.29 is 14.3 Å². The number of carbonyl (C=O) groups excluding carboxylic acids is 2. The molecule has 1 atom stereocenters. The Labute approximate surface area is 119 Å². The summed E-state index contributed by atoms with van der Waals surface area (Å²) < 4.78 is 5.29. The van der Waals surface area contributed by atoms with Crippen LogP contribution in [-0.4, -0.2) is 47.2 Å². The number of amides is 2. The van der Waals surface area contributed by atoms with Crippen molar-refractivity contribution >= 4 is 12.0 Å². The van der Waals surface area contributed by atoms with Crippen LogP contribution in [0.15, 0.2) is 24.3 Å². The number of hydrogen-bond donors (Lipinski definition) is 0. The van der Waals surface area contributed by atoms with Gasteiger partial charge in [0.05, 0.1) is 6.67 Å². The number of carbonyl (C=O) groups is 2. The van der Waals surface area contributed by atoms with Crippen LogP contribution in [0.25, 0.3) is 0 Å². The summed E-state index contributed by atoms with van der Waals surface area (Å²) in [6.45, 7) is 6.54. The summed E-state index contributed by atoms with van der Waals surface area (Å²) in [4.78, 5) is 27.1. The molecule has 110 valence electrons. The first-order chi connectivity index (χ1) is 9.35. The van der Waals surface area contributed by atoms with Gasteiger partial charge in [0.15, 0.2) is 0 Å². The Bertz CT molecular complexity index is 449. The van der Waals surface area contributed by atoms with Crippen LogP contribution in [0.3, 0.4) is 0 Å². The fourth-order valence-electron chi connectivity index (χ4n) is 2.26. The lowest BCUT2D eigenvalue weighted by Gasteiger charge is -2.25. The second kappa shape index (κ2) is 5.69. The zero-order chi connectivity index (χ0) is 14.8. The molecule has 2 rings (SSSR count). The molecule has 0 aromatic carbocycles. The molecule has 0 spiro atoms. The monoisotopic (exact) mass is 278 g/mol. The summed E-state index contributed by atoms with van der Waals surface area (Å²) in [6.07, 6.45) is 8.72. The number of ether oxygens (including phenoxy) is 1. The summed E-state index contributed by atoms with van der Waals surface area (Å²) >= 11 is 0. The van der Waals surface area contributed by atoms with Gasteiger partial charge >= 0.3 is 6.09 Å². The highest BCUT2D eigenvalue weighted by molar-refractivity contribution is 5.85. The lowest BCUT2D eigenvalue weighted by Crippen LogP contribution is -2.37.